The molecule has 0 spiro atoms. The third-order valence-electron chi connectivity index (χ3n) is 4.55. The monoisotopic (exact) mass is 410 g/mol. The molecule has 24 heavy (non-hydrogen) atoms. The summed E-state index contributed by atoms with van der Waals surface area (Å²) < 4.78 is 26.7. The van der Waals surface area contributed by atoms with Gasteiger partial charge in [-0.25, -0.2) is 8.42 Å². The first kappa shape index (κ1) is 17.1. The smallest absolute Gasteiger partial charge is 0.314 e. The first-order valence-corrected chi connectivity index (χ1v) is 9.58. The molecule has 0 unspecified atom stereocenters. The molecular formula is C17H15BrO5S. The standard InChI is InChI=1S/C17H15BrO5S/c18-12-8-6-11(7-9-12)14-15(17(14,10-19)16(20)21)24(22,23)13-4-2-1-3-5-13/h1-9,14-15,19H,10H2,(H,20,21)/t14-,15+,17+/m1/s1. The van der Waals surface area contributed by atoms with Crippen LogP contribution in [0.2, 0.25) is 0 Å². The maximum Gasteiger partial charge on any atom is 0.314 e. The van der Waals surface area contributed by atoms with E-state index in [1.54, 1.807) is 42.5 Å². The zero-order chi connectivity index (χ0) is 17.5. The van der Waals surface area contributed by atoms with Gasteiger partial charge < -0.3 is 10.2 Å². The van der Waals surface area contributed by atoms with Gasteiger partial charge in [0.2, 0.25) is 0 Å². The van der Waals surface area contributed by atoms with Crippen LogP contribution in [0, 0.1) is 5.41 Å². The summed E-state index contributed by atoms with van der Waals surface area (Å²) in [6, 6.07) is 14.6. The average Bonchev–Trinajstić information content (AvgIpc) is 3.28. The molecule has 2 aromatic rings. The lowest BCUT2D eigenvalue weighted by molar-refractivity contribution is -0.145. The number of rotatable bonds is 5. The molecule has 1 fully saturated rings. The Balaban J connectivity index is 2.11. The summed E-state index contributed by atoms with van der Waals surface area (Å²) in [5, 5.41) is 18.2. The van der Waals surface area contributed by atoms with E-state index in [0.717, 1.165) is 4.47 Å². The van der Waals surface area contributed by atoms with Crippen molar-refractivity contribution in [3.63, 3.8) is 0 Å². The molecule has 126 valence electrons. The van der Waals surface area contributed by atoms with E-state index >= 15 is 0 Å². The Labute approximate surface area is 148 Å². The highest BCUT2D eigenvalue weighted by molar-refractivity contribution is 9.10. The maximum absolute atomic E-state index is 12.9. The number of halogens is 1. The minimum atomic E-state index is -3.89. The third-order valence-corrected chi connectivity index (χ3v) is 7.37. The number of aliphatic carboxylic acids is 1. The molecule has 0 aliphatic heterocycles. The van der Waals surface area contributed by atoms with Crippen LogP contribution in [0.4, 0.5) is 0 Å². The summed E-state index contributed by atoms with van der Waals surface area (Å²) in [4.78, 5) is 11.9. The molecule has 7 heteroatoms. The van der Waals surface area contributed by atoms with Crippen LogP contribution in [-0.4, -0.2) is 36.5 Å². The van der Waals surface area contributed by atoms with Crippen molar-refractivity contribution >= 4 is 31.7 Å². The fourth-order valence-electron chi connectivity index (χ4n) is 3.27. The summed E-state index contributed by atoms with van der Waals surface area (Å²) in [7, 11) is -3.89. The summed E-state index contributed by atoms with van der Waals surface area (Å²) >= 11 is 3.30. The maximum atomic E-state index is 12.9. The molecule has 1 saturated carbocycles. The van der Waals surface area contributed by atoms with Crippen LogP contribution in [0.15, 0.2) is 64.0 Å². The number of carboxylic acids is 1. The summed E-state index contributed by atoms with van der Waals surface area (Å²) in [5.74, 6) is -2.10. The molecule has 0 heterocycles. The predicted octanol–water partition coefficient (Wildman–Crippen LogP) is 2.45. The van der Waals surface area contributed by atoms with E-state index in [1.165, 1.54) is 12.1 Å². The van der Waals surface area contributed by atoms with Crippen LogP contribution in [0.25, 0.3) is 0 Å². The molecule has 3 atom stereocenters. The van der Waals surface area contributed by atoms with Crippen molar-refractivity contribution in [3.8, 4) is 0 Å². The molecule has 0 aromatic heterocycles. The minimum absolute atomic E-state index is 0.0636. The highest BCUT2D eigenvalue weighted by atomic mass is 79.9. The Morgan fingerprint density at radius 3 is 2.17 bits per heavy atom. The lowest BCUT2D eigenvalue weighted by Crippen LogP contribution is -2.27. The van der Waals surface area contributed by atoms with Crippen molar-refractivity contribution in [2.24, 2.45) is 5.41 Å². The second kappa shape index (κ2) is 5.98. The lowest BCUT2D eigenvalue weighted by atomic mass is 10.0. The normalized spacial score (nSPS) is 26.1. The lowest BCUT2D eigenvalue weighted by Gasteiger charge is -2.09. The second-order valence-electron chi connectivity index (χ2n) is 5.81. The van der Waals surface area contributed by atoms with E-state index in [4.69, 9.17) is 0 Å². The SMILES string of the molecule is O=C(O)[C@@]1(CO)[C@H](c2ccc(Br)cc2)[C@@H]1S(=O)(=O)c1ccccc1. The molecule has 1 aliphatic rings. The van der Waals surface area contributed by atoms with E-state index in [-0.39, 0.29) is 4.90 Å². The van der Waals surface area contributed by atoms with Gasteiger partial charge >= 0.3 is 5.97 Å². The van der Waals surface area contributed by atoms with E-state index < -0.39 is 39.0 Å². The van der Waals surface area contributed by atoms with Crippen molar-refractivity contribution in [1.82, 2.24) is 0 Å². The van der Waals surface area contributed by atoms with Gasteiger partial charge in [0.25, 0.3) is 0 Å². The second-order valence-corrected chi connectivity index (χ2v) is 8.80. The van der Waals surface area contributed by atoms with Gasteiger partial charge in [0.1, 0.15) is 5.41 Å². The van der Waals surface area contributed by atoms with Gasteiger partial charge in [-0.1, -0.05) is 46.3 Å². The third kappa shape index (κ3) is 2.47. The Morgan fingerprint density at radius 2 is 1.67 bits per heavy atom. The Bertz CT molecular complexity index is 864. The molecule has 0 saturated heterocycles. The molecule has 0 radical (unpaired) electrons. The van der Waals surface area contributed by atoms with Crippen LogP contribution in [0.3, 0.4) is 0 Å². The fourth-order valence-corrected chi connectivity index (χ4v) is 5.92. The van der Waals surface area contributed by atoms with Crippen molar-refractivity contribution in [3.05, 3.63) is 64.6 Å². The number of carboxylic acid groups (broad SMARTS) is 1. The largest absolute Gasteiger partial charge is 0.481 e. The van der Waals surface area contributed by atoms with E-state index in [9.17, 15) is 23.4 Å². The summed E-state index contributed by atoms with van der Waals surface area (Å²) in [6.07, 6.45) is 0. The molecule has 2 aromatic carbocycles. The number of carbonyl (C=O) groups is 1. The van der Waals surface area contributed by atoms with Gasteiger partial charge in [0, 0.05) is 10.4 Å². The Hall–Kier alpha value is -1.70. The quantitative estimate of drug-likeness (QED) is 0.789. The van der Waals surface area contributed by atoms with Crippen LogP contribution < -0.4 is 0 Å². The van der Waals surface area contributed by atoms with E-state index in [0.29, 0.717) is 5.56 Å². The number of benzene rings is 2. The van der Waals surface area contributed by atoms with Crippen LogP contribution >= 0.6 is 15.9 Å². The Kier molecular flexibility index (Phi) is 4.27. The molecule has 0 amide bonds. The summed E-state index contributed by atoms with van der Waals surface area (Å²) in [6.45, 7) is -0.736. The van der Waals surface area contributed by atoms with Gasteiger partial charge in [0.15, 0.2) is 9.84 Å². The molecule has 5 nitrogen and oxygen atoms in total. The highest BCUT2D eigenvalue weighted by Gasteiger charge is 2.75. The molecule has 0 bridgehead atoms. The average molecular weight is 411 g/mol. The number of aliphatic hydroxyl groups is 1. The Morgan fingerprint density at radius 1 is 1.08 bits per heavy atom. The number of hydrogen-bond donors (Lipinski definition) is 2. The van der Waals surface area contributed by atoms with Gasteiger partial charge in [-0.3, -0.25) is 4.79 Å². The minimum Gasteiger partial charge on any atom is -0.481 e. The van der Waals surface area contributed by atoms with E-state index in [1.807, 2.05) is 0 Å². The fraction of sp³-hybridized carbons (Fsp3) is 0.235. The van der Waals surface area contributed by atoms with Crippen LogP contribution in [-0.2, 0) is 14.6 Å². The predicted molar refractivity (Wildman–Crippen MR) is 91.5 cm³/mol. The molecular weight excluding hydrogens is 396 g/mol. The zero-order valence-corrected chi connectivity index (χ0v) is 14.9. The van der Waals surface area contributed by atoms with E-state index in [2.05, 4.69) is 15.9 Å². The van der Waals surface area contributed by atoms with Crippen molar-refractivity contribution in [2.45, 2.75) is 16.1 Å². The van der Waals surface area contributed by atoms with Crippen molar-refractivity contribution < 1.29 is 23.4 Å². The van der Waals surface area contributed by atoms with Gasteiger partial charge in [-0.15, -0.1) is 0 Å². The van der Waals surface area contributed by atoms with Crippen LogP contribution in [0.1, 0.15) is 11.5 Å². The van der Waals surface area contributed by atoms with Crippen LogP contribution in [0.5, 0.6) is 0 Å². The number of aliphatic hydroxyl groups excluding tert-OH is 1. The molecule has 2 N–H and O–H groups in total. The van der Waals surface area contributed by atoms with Gasteiger partial charge in [0.05, 0.1) is 16.8 Å². The number of hydrogen-bond acceptors (Lipinski definition) is 4. The number of sulfone groups is 1. The van der Waals surface area contributed by atoms with Gasteiger partial charge in [-0.05, 0) is 29.8 Å². The van der Waals surface area contributed by atoms with Crippen molar-refractivity contribution in [2.75, 3.05) is 6.61 Å². The first-order chi connectivity index (χ1) is 11.4. The summed E-state index contributed by atoms with van der Waals surface area (Å²) in [5.41, 5.74) is -1.14. The highest BCUT2D eigenvalue weighted by Crippen LogP contribution is 2.64. The van der Waals surface area contributed by atoms with Crippen molar-refractivity contribution in [1.29, 1.82) is 0 Å². The van der Waals surface area contributed by atoms with Gasteiger partial charge in [-0.2, -0.15) is 0 Å². The molecule has 1 aliphatic carbocycles. The topological polar surface area (TPSA) is 91.7 Å². The zero-order valence-electron chi connectivity index (χ0n) is 12.5. The molecule has 3 rings (SSSR count). The first-order valence-electron chi connectivity index (χ1n) is 7.24.